The molecule has 4 rings (SSSR count). The van der Waals surface area contributed by atoms with Crippen molar-refractivity contribution in [1.29, 1.82) is 0 Å². The van der Waals surface area contributed by atoms with E-state index in [9.17, 15) is 13.2 Å². The third-order valence-corrected chi connectivity index (χ3v) is 6.43. The van der Waals surface area contributed by atoms with Crippen molar-refractivity contribution in [2.24, 2.45) is 0 Å². The molecule has 5 nitrogen and oxygen atoms in total. The number of aryl methyl sites for hydroxylation is 1. The van der Waals surface area contributed by atoms with E-state index in [0.29, 0.717) is 5.82 Å². The number of anilines is 1. The topological polar surface area (TPSA) is 37.2 Å². The number of hydrogen-bond donors (Lipinski definition) is 0. The lowest BCUT2D eigenvalue weighted by Crippen LogP contribution is -2.52. The molecule has 2 aliphatic heterocycles. The molecule has 0 aromatic carbocycles. The van der Waals surface area contributed by atoms with E-state index in [0.717, 1.165) is 70.1 Å². The first-order valence-electron chi connectivity index (χ1n) is 10.4. The van der Waals surface area contributed by atoms with Gasteiger partial charge < -0.3 is 9.47 Å². The molecule has 0 saturated carbocycles. The van der Waals surface area contributed by atoms with E-state index in [2.05, 4.69) is 37.5 Å². The van der Waals surface area contributed by atoms with Gasteiger partial charge in [0.15, 0.2) is 0 Å². The number of rotatable bonds is 5. The Labute approximate surface area is 169 Å². The molecule has 29 heavy (non-hydrogen) atoms. The lowest BCUT2D eigenvalue weighted by atomic mass is 9.85. The number of alkyl halides is 3. The molecule has 0 N–H and O–H groups in total. The molecule has 0 unspecified atom stereocenters. The van der Waals surface area contributed by atoms with Crippen molar-refractivity contribution in [1.82, 2.24) is 19.4 Å². The van der Waals surface area contributed by atoms with E-state index in [1.54, 1.807) is 0 Å². The molecule has 2 fully saturated rings. The third-order valence-electron chi connectivity index (χ3n) is 6.43. The second-order valence-electron chi connectivity index (χ2n) is 8.18. The minimum absolute atomic E-state index is 0.172. The molecule has 2 saturated heterocycles. The highest BCUT2D eigenvalue weighted by Crippen LogP contribution is 2.40. The van der Waals surface area contributed by atoms with Crippen LogP contribution in [0, 0.1) is 0 Å². The third kappa shape index (κ3) is 4.13. The minimum Gasteiger partial charge on any atom is -0.356 e. The van der Waals surface area contributed by atoms with Gasteiger partial charge >= 0.3 is 6.18 Å². The maximum atomic E-state index is 12.8. The van der Waals surface area contributed by atoms with Crippen molar-refractivity contribution in [2.75, 3.05) is 24.5 Å². The van der Waals surface area contributed by atoms with Crippen molar-refractivity contribution >= 4 is 5.82 Å². The number of piperidine rings is 1. The predicted octanol–water partition coefficient (Wildman–Crippen LogP) is 4.34. The maximum Gasteiger partial charge on any atom is 0.417 e. The van der Waals surface area contributed by atoms with Crippen molar-refractivity contribution in [3.8, 4) is 0 Å². The molecule has 0 radical (unpaired) electrons. The van der Waals surface area contributed by atoms with Crippen LogP contribution in [0.4, 0.5) is 19.0 Å². The molecule has 0 atom stereocenters. The second-order valence-corrected chi connectivity index (χ2v) is 8.18. The first-order chi connectivity index (χ1) is 13.9. The molecule has 8 heteroatoms. The van der Waals surface area contributed by atoms with Crippen LogP contribution < -0.4 is 4.90 Å². The van der Waals surface area contributed by atoms with Crippen LogP contribution in [0.3, 0.4) is 0 Å². The Morgan fingerprint density at radius 2 is 1.86 bits per heavy atom. The fraction of sp³-hybridized carbons (Fsp3) is 0.619. The first-order valence-corrected chi connectivity index (χ1v) is 10.4. The van der Waals surface area contributed by atoms with Crippen LogP contribution in [0.15, 0.2) is 30.7 Å². The van der Waals surface area contributed by atoms with Crippen LogP contribution in [0.25, 0.3) is 0 Å². The zero-order valence-corrected chi connectivity index (χ0v) is 16.8. The number of aromatic nitrogens is 3. The van der Waals surface area contributed by atoms with Gasteiger partial charge in [-0.1, -0.05) is 6.92 Å². The molecule has 158 valence electrons. The van der Waals surface area contributed by atoms with Gasteiger partial charge in [-0.15, -0.1) is 0 Å². The number of likely N-dealkylation sites (tertiary alicyclic amines) is 1. The molecular weight excluding hydrogens is 379 g/mol. The van der Waals surface area contributed by atoms with Crippen LogP contribution in [0.2, 0.25) is 0 Å². The van der Waals surface area contributed by atoms with Gasteiger partial charge in [-0.3, -0.25) is 4.90 Å². The molecule has 2 aromatic heterocycles. The average molecular weight is 407 g/mol. The van der Waals surface area contributed by atoms with Gasteiger partial charge in [0, 0.05) is 43.8 Å². The highest BCUT2D eigenvalue weighted by atomic mass is 19.4. The molecule has 0 bridgehead atoms. The summed E-state index contributed by atoms with van der Waals surface area (Å²) in [5, 5.41) is 0. The van der Waals surface area contributed by atoms with Crippen LogP contribution >= 0.6 is 0 Å². The standard InChI is InChI=1S/C21H28F3N5/c1-2-10-27-14-9-25-19(27)16-29-11-3-6-20(29)7-12-28(13-8-20)18-5-4-17(15-26-18)21(22,23)24/h4-5,9,14-15H,2-3,6-8,10-13,16H2,1H3. The Morgan fingerprint density at radius 3 is 2.52 bits per heavy atom. The number of hydrogen-bond acceptors (Lipinski definition) is 4. The van der Waals surface area contributed by atoms with Crippen LogP contribution in [-0.2, 0) is 19.3 Å². The van der Waals surface area contributed by atoms with Crippen molar-refractivity contribution < 1.29 is 13.2 Å². The van der Waals surface area contributed by atoms with Crippen LogP contribution in [0.1, 0.15) is 50.4 Å². The predicted molar refractivity (Wildman–Crippen MR) is 106 cm³/mol. The summed E-state index contributed by atoms with van der Waals surface area (Å²) in [7, 11) is 0. The lowest BCUT2D eigenvalue weighted by molar-refractivity contribution is -0.137. The van der Waals surface area contributed by atoms with Crippen LogP contribution in [-0.4, -0.2) is 44.6 Å². The average Bonchev–Trinajstić information content (AvgIpc) is 3.30. The first kappa shape index (κ1) is 20.2. The zero-order chi connectivity index (χ0) is 20.5. The van der Waals surface area contributed by atoms with Gasteiger partial charge in [0.2, 0.25) is 0 Å². The summed E-state index contributed by atoms with van der Waals surface area (Å²) >= 11 is 0. The Bertz CT molecular complexity index is 806. The van der Waals surface area contributed by atoms with E-state index in [1.807, 2.05) is 6.20 Å². The van der Waals surface area contributed by atoms with Gasteiger partial charge in [0.25, 0.3) is 0 Å². The van der Waals surface area contributed by atoms with Gasteiger partial charge in [0.05, 0.1) is 12.1 Å². The molecule has 0 aliphatic carbocycles. The lowest BCUT2D eigenvalue weighted by Gasteiger charge is -2.45. The largest absolute Gasteiger partial charge is 0.417 e. The van der Waals surface area contributed by atoms with Gasteiger partial charge in [-0.05, 0) is 50.8 Å². The van der Waals surface area contributed by atoms with Gasteiger partial charge in [-0.2, -0.15) is 13.2 Å². The Kier molecular flexibility index (Phi) is 5.55. The summed E-state index contributed by atoms with van der Waals surface area (Å²) in [5.74, 6) is 1.76. The Morgan fingerprint density at radius 1 is 1.07 bits per heavy atom. The number of nitrogens with zero attached hydrogens (tertiary/aromatic N) is 5. The smallest absolute Gasteiger partial charge is 0.356 e. The highest BCUT2D eigenvalue weighted by Gasteiger charge is 2.43. The Hall–Kier alpha value is -2.09. The summed E-state index contributed by atoms with van der Waals surface area (Å²) in [6.07, 6.45) is 5.99. The van der Waals surface area contributed by atoms with E-state index < -0.39 is 11.7 Å². The van der Waals surface area contributed by atoms with E-state index >= 15 is 0 Å². The second kappa shape index (κ2) is 7.97. The quantitative estimate of drug-likeness (QED) is 0.739. The molecule has 1 spiro atoms. The highest BCUT2D eigenvalue weighted by molar-refractivity contribution is 5.40. The molecule has 2 aliphatic rings. The summed E-state index contributed by atoms with van der Waals surface area (Å²) in [5.41, 5.74) is -0.523. The molecule has 2 aromatic rings. The fourth-order valence-electron chi connectivity index (χ4n) is 4.81. The normalized spacial score (nSPS) is 19.9. The van der Waals surface area contributed by atoms with Crippen molar-refractivity contribution in [2.45, 2.75) is 63.8 Å². The summed E-state index contributed by atoms with van der Waals surface area (Å²) < 4.78 is 40.6. The zero-order valence-electron chi connectivity index (χ0n) is 16.8. The summed E-state index contributed by atoms with van der Waals surface area (Å²) in [4.78, 5) is 13.3. The SMILES string of the molecule is CCCn1ccnc1CN1CCCC12CCN(c1ccc(C(F)(F)F)cn1)CC2. The number of imidazole rings is 1. The van der Waals surface area contributed by atoms with Crippen molar-refractivity contribution in [3.63, 3.8) is 0 Å². The van der Waals surface area contributed by atoms with Crippen LogP contribution in [0.5, 0.6) is 0 Å². The monoisotopic (exact) mass is 407 g/mol. The van der Waals surface area contributed by atoms with E-state index in [1.165, 1.54) is 18.9 Å². The molecule has 4 heterocycles. The van der Waals surface area contributed by atoms with Gasteiger partial charge in [0.1, 0.15) is 11.6 Å². The van der Waals surface area contributed by atoms with E-state index in [-0.39, 0.29) is 5.54 Å². The van der Waals surface area contributed by atoms with E-state index in [4.69, 9.17) is 0 Å². The number of pyridine rings is 1. The fourth-order valence-corrected chi connectivity index (χ4v) is 4.81. The maximum absolute atomic E-state index is 12.8. The minimum atomic E-state index is -4.34. The Balaban J connectivity index is 1.41. The summed E-state index contributed by atoms with van der Waals surface area (Å²) in [6.45, 7) is 6.75. The number of halogens is 3. The molecule has 0 amide bonds. The van der Waals surface area contributed by atoms with Crippen molar-refractivity contribution in [3.05, 3.63) is 42.1 Å². The summed E-state index contributed by atoms with van der Waals surface area (Å²) in [6, 6.07) is 2.62. The van der Waals surface area contributed by atoms with Gasteiger partial charge in [-0.25, -0.2) is 9.97 Å². The molecular formula is C21H28F3N5.